The first kappa shape index (κ1) is 20.3. The zero-order valence-corrected chi connectivity index (χ0v) is 15.9. The number of carbonyl (C=O) groups excluding carboxylic acids is 2. The van der Waals surface area contributed by atoms with Gasteiger partial charge in [-0.25, -0.2) is 9.18 Å². The molecule has 29 heavy (non-hydrogen) atoms. The van der Waals surface area contributed by atoms with Crippen LogP contribution in [0.4, 0.5) is 10.1 Å². The van der Waals surface area contributed by atoms with E-state index in [9.17, 15) is 18.8 Å². The van der Waals surface area contributed by atoms with Crippen LogP contribution in [-0.4, -0.2) is 28.3 Å². The smallest absolute Gasteiger partial charge is 0.437 e. The van der Waals surface area contributed by atoms with E-state index in [2.05, 4.69) is 10.4 Å². The molecule has 10 heteroatoms. The summed E-state index contributed by atoms with van der Waals surface area (Å²) in [4.78, 5) is 35.6. The third-order valence-electron chi connectivity index (χ3n) is 3.74. The second-order valence-electron chi connectivity index (χ2n) is 6.03. The van der Waals surface area contributed by atoms with E-state index in [4.69, 9.17) is 20.8 Å². The van der Waals surface area contributed by atoms with Crippen molar-refractivity contribution in [2.75, 3.05) is 11.9 Å². The lowest BCUT2D eigenvalue weighted by atomic mass is 10.2. The van der Waals surface area contributed by atoms with E-state index in [1.54, 1.807) is 18.2 Å². The monoisotopic (exact) mass is 419 g/mol. The van der Waals surface area contributed by atoms with Gasteiger partial charge in [0.1, 0.15) is 12.4 Å². The number of esters is 1. The molecule has 150 valence electrons. The Morgan fingerprint density at radius 2 is 1.97 bits per heavy atom. The summed E-state index contributed by atoms with van der Waals surface area (Å²) >= 11 is 6.02. The molecular weight excluding hydrogens is 405 g/mol. The van der Waals surface area contributed by atoms with Crippen LogP contribution in [0.5, 0.6) is 0 Å². The molecule has 2 aromatic carbocycles. The number of nitrogens with zero attached hydrogens (tertiary/aromatic N) is 2. The van der Waals surface area contributed by atoms with Gasteiger partial charge in [0.25, 0.3) is 5.91 Å². The Kier molecular flexibility index (Phi) is 6.08. The summed E-state index contributed by atoms with van der Waals surface area (Å²) in [5.74, 6) is -2.88. The molecule has 3 rings (SSSR count). The van der Waals surface area contributed by atoms with Gasteiger partial charge in [0.05, 0.1) is 10.7 Å². The fraction of sp³-hybridized carbons (Fsp3) is 0.158. The van der Waals surface area contributed by atoms with Crippen molar-refractivity contribution in [1.82, 2.24) is 9.78 Å². The highest BCUT2D eigenvalue weighted by molar-refractivity contribution is 6.33. The predicted octanol–water partition coefficient (Wildman–Crippen LogP) is 2.79. The number of aromatic nitrogens is 2. The highest BCUT2D eigenvalue weighted by Crippen LogP contribution is 2.22. The molecule has 3 aromatic rings. The molecule has 0 bridgehead atoms. The van der Waals surface area contributed by atoms with E-state index < -0.39 is 36.6 Å². The number of nitrogens with one attached hydrogen (secondary N) is 1. The Morgan fingerprint density at radius 1 is 1.24 bits per heavy atom. The number of carbonyl (C=O) groups is 2. The van der Waals surface area contributed by atoms with Gasteiger partial charge in [-0.15, -0.1) is 5.10 Å². The Hall–Kier alpha value is -3.46. The molecule has 0 fully saturated rings. The van der Waals surface area contributed by atoms with E-state index in [0.29, 0.717) is 16.3 Å². The van der Waals surface area contributed by atoms with E-state index in [1.165, 1.54) is 24.3 Å². The first-order valence-electron chi connectivity index (χ1n) is 8.37. The summed E-state index contributed by atoms with van der Waals surface area (Å²) in [5.41, 5.74) is 1.68. The van der Waals surface area contributed by atoms with Crippen molar-refractivity contribution >= 4 is 29.2 Å². The SMILES string of the molecule is Cc1ccc(NC(=O)COC(=O)Cn2nc(-c3ccc(F)cc3)oc2=O)c(Cl)c1. The minimum atomic E-state index is -0.892. The highest BCUT2D eigenvalue weighted by atomic mass is 35.5. The van der Waals surface area contributed by atoms with Crippen LogP contribution in [0.3, 0.4) is 0 Å². The fourth-order valence-electron chi connectivity index (χ4n) is 2.34. The van der Waals surface area contributed by atoms with Crippen LogP contribution < -0.4 is 11.1 Å². The van der Waals surface area contributed by atoms with E-state index >= 15 is 0 Å². The third kappa shape index (κ3) is 5.29. The predicted molar refractivity (Wildman–Crippen MR) is 102 cm³/mol. The molecule has 0 spiro atoms. The van der Waals surface area contributed by atoms with Gasteiger partial charge in [-0.2, -0.15) is 4.68 Å². The molecule has 0 radical (unpaired) electrons. The van der Waals surface area contributed by atoms with E-state index in [1.807, 2.05) is 6.92 Å². The van der Waals surface area contributed by atoms with Crippen LogP contribution in [0.2, 0.25) is 5.02 Å². The number of rotatable bonds is 6. The molecule has 1 heterocycles. The Labute approximate surface area is 168 Å². The first-order valence-corrected chi connectivity index (χ1v) is 8.75. The zero-order chi connectivity index (χ0) is 21.0. The molecule has 0 unspecified atom stereocenters. The van der Waals surface area contributed by atoms with Crippen LogP contribution >= 0.6 is 11.6 Å². The van der Waals surface area contributed by atoms with Crippen molar-refractivity contribution in [2.24, 2.45) is 0 Å². The minimum Gasteiger partial charge on any atom is -0.454 e. The van der Waals surface area contributed by atoms with Gasteiger partial charge in [-0.05, 0) is 48.9 Å². The summed E-state index contributed by atoms with van der Waals surface area (Å²) in [7, 11) is 0. The van der Waals surface area contributed by atoms with Crippen LogP contribution in [-0.2, 0) is 20.9 Å². The lowest BCUT2D eigenvalue weighted by molar-refractivity contribution is -0.148. The molecule has 8 nitrogen and oxygen atoms in total. The lowest BCUT2D eigenvalue weighted by Crippen LogP contribution is -2.26. The van der Waals surface area contributed by atoms with Gasteiger partial charge in [0, 0.05) is 5.56 Å². The van der Waals surface area contributed by atoms with Crippen LogP contribution in [0.25, 0.3) is 11.5 Å². The van der Waals surface area contributed by atoms with Crippen LogP contribution in [0.15, 0.2) is 51.7 Å². The fourth-order valence-corrected chi connectivity index (χ4v) is 2.62. The molecule has 0 saturated heterocycles. The van der Waals surface area contributed by atoms with Crippen molar-refractivity contribution in [2.45, 2.75) is 13.5 Å². The molecule has 0 saturated carbocycles. The zero-order valence-electron chi connectivity index (χ0n) is 15.1. The number of anilines is 1. The number of amides is 1. The summed E-state index contributed by atoms with van der Waals surface area (Å²) in [6, 6.07) is 10.2. The maximum Gasteiger partial charge on any atom is 0.437 e. The van der Waals surface area contributed by atoms with Crippen molar-refractivity contribution in [3.05, 3.63) is 69.4 Å². The van der Waals surface area contributed by atoms with Crippen LogP contribution in [0.1, 0.15) is 5.56 Å². The topological polar surface area (TPSA) is 103 Å². The second kappa shape index (κ2) is 8.70. The third-order valence-corrected chi connectivity index (χ3v) is 4.05. The second-order valence-corrected chi connectivity index (χ2v) is 6.44. The number of ether oxygens (including phenoxy) is 1. The number of benzene rings is 2. The standard InChI is InChI=1S/C19H15ClFN3O5/c1-11-2-7-15(14(20)8-11)22-16(25)10-28-17(26)9-24-19(27)29-18(23-24)12-3-5-13(21)6-4-12/h2-8H,9-10H2,1H3,(H,22,25). The number of hydrogen-bond acceptors (Lipinski definition) is 6. The van der Waals surface area contributed by atoms with Crippen molar-refractivity contribution < 1.29 is 23.1 Å². The Balaban J connectivity index is 1.56. The van der Waals surface area contributed by atoms with Gasteiger partial charge in [-0.1, -0.05) is 17.7 Å². The van der Waals surface area contributed by atoms with E-state index in [-0.39, 0.29) is 5.89 Å². The van der Waals surface area contributed by atoms with Gasteiger partial charge in [0.15, 0.2) is 6.61 Å². The summed E-state index contributed by atoms with van der Waals surface area (Å²) in [6.07, 6.45) is 0. The largest absolute Gasteiger partial charge is 0.454 e. The average molecular weight is 420 g/mol. The van der Waals surface area contributed by atoms with E-state index in [0.717, 1.165) is 10.2 Å². The molecule has 0 aliphatic carbocycles. The Morgan fingerprint density at radius 3 is 2.66 bits per heavy atom. The van der Waals surface area contributed by atoms with Gasteiger partial charge in [-0.3, -0.25) is 9.59 Å². The average Bonchev–Trinajstić information content (AvgIpc) is 3.03. The molecule has 0 aliphatic heterocycles. The molecular formula is C19H15ClFN3O5. The van der Waals surface area contributed by atoms with Gasteiger partial charge < -0.3 is 14.5 Å². The number of hydrogen-bond donors (Lipinski definition) is 1. The molecule has 0 atom stereocenters. The van der Waals surface area contributed by atoms with Gasteiger partial charge in [0.2, 0.25) is 5.89 Å². The number of halogens is 2. The van der Waals surface area contributed by atoms with Crippen molar-refractivity contribution in [3.63, 3.8) is 0 Å². The van der Waals surface area contributed by atoms with Gasteiger partial charge >= 0.3 is 11.7 Å². The minimum absolute atomic E-state index is 0.0745. The Bertz CT molecular complexity index is 1110. The summed E-state index contributed by atoms with van der Waals surface area (Å²) in [6.45, 7) is 0.731. The normalized spacial score (nSPS) is 10.6. The van der Waals surface area contributed by atoms with Crippen molar-refractivity contribution in [3.8, 4) is 11.5 Å². The maximum absolute atomic E-state index is 13.0. The summed E-state index contributed by atoms with van der Waals surface area (Å²) < 4.78 is 23.5. The molecule has 1 aromatic heterocycles. The number of aryl methyl sites for hydroxylation is 1. The van der Waals surface area contributed by atoms with Crippen molar-refractivity contribution in [1.29, 1.82) is 0 Å². The molecule has 1 amide bonds. The molecule has 0 aliphatic rings. The maximum atomic E-state index is 13.0. The van der Waals surface area contributed by atoms with Crippen LogP contribution in [0, 0.1) is 12.7 Å². The molecule has 1 N–H and O–H groups in total. The summed E-state index contributed by atoms with van der Waals surface area (Å²) in [5, 5.41) is 6.73. The quantitative estimate of drug-likeness (QED) is 0.616. The lowest BCUT2D eigenvalue weighted by Gasteiger charge is -2.08. The highest BCUT2D eigenvalue weighted by Gasteiger charge is 2.15. The first-order chi connectivity index (χ1) is 13.8.